The summed E-state index contributed by atoms with van der Waals surface area (Å²) in [5.74, 6) is 0. The number of hydrogen-bond acceptors (Lipinski definition) is 3. The van der Waals surface area contributed by atoms with Gasteiger partial charge in [-0.2, -0.15) is 0 Å². The summed E-state index contributed by atoms with van der Waals surface area (Å²) in [7, 11) is 0. The number of carbonyl (C=O) groups is 1. The SMILES string of the molecule is CC(C)(CCO)CNC(=O)NOCc1ccccc1. The van der Waals surface area contributed by atoms with Crippen LogP contribution in [0.15, 0.2) is 30.3 Å². The Morgan fingerprint density at radius 3 is 2.63 bits per heavy atom. The zero-order valence-electron chi connectivity index (χ0n) is 11.5. The van der Waals surface area contributed by atoms with Gasteiger partial charge in [0.15, 0.2) is 0 Å². The molecule has 5 nitrogen and oxygen atoms in total. The molecule has 2 amide bonds. The minimum absolute atomic E-state index is 0.112. The normalized spacial score (nSPS) is 11.1. The lowest BCUT2D eigenvalue weighted by Gasteiger charge is -2.23. The van der Waals surface area contributed by atoms with Gasteiger partial charge < -0.3 is 10.4 Å². The molecule has 19 heavy (non-hydrogen) atoms. The zero-order chi connectivity index (χ0) is 14.1. The van der Waals surface area contributed by atoms with Crippen LogP contribution in [-0.4, -0.2) is 24.3 Å². The van der Waals surface area contributed by atoms with E-state index in [2.05, 4.69) is 10.8 Å². The van der Waals surface area contributed by atoms with Crippen molar-refractivity contribution in [1.82, 2.24) is 10.8 Å². The van der Waals surface area contributed by atoms with Crippen LogP contribution in [0.5, 0.6) is 0 Å². The first-order valence-electron chi connectivity index (χ1n) is 6.34. The predicted molar refractivity (Wildman–Crippen MR) is 73.2 cm³/mol. The first-order valence-corrected chi connectivity index (χ1v) is 6.34. The highest BCUT2D eigenvalue weighted by Gasteiger charge is 2.17. The van der Waals surface area contributed by atoms with Crippen LogP contribution in [0, 0.1) is 5.41 Å². The second kappa shape index (κ2) is 7.76. The summed E-state index contributed by atoms with van der Waals surface area (Å²) >= 11 is 0. The molecule has 3 N–H and O–H groups in total. The first kappa shape index (κ1) is 15.5. The van der Waals surface area contributed by atoms with Crippen LogP contribution in [0.2, 0.25) is 0 Å². The van der Waals surface area contributed by atoms with Crippen molar-refractivity contribution in [3.63, 3.8) is 0 Å². The Hall–Kier alpha value is -1.59. The summed E-state index contributed by atoms with van der Waals surface area (Å²) in [4.78, 5) is 16.6. The molecule has 1 aromatic carbocycles. The van der Waals surface area contributed by atoms with Crippen LogP contribution in [-0.2, 0) is 11.4 Å². The summed E-state index contributed by atoms with van der Waals surface area (Å²) in [6.45, 7) is 4.88. The monoisotopic (exact) mass is 266 g/mol. The molecule has 1 aromatic rings. The Balaban J connectivity index is 2.18. The van der Waals surface area contributed by atoms with E-state index in [0.29, 0.717) is 19.6 Å². The maximum absolute atomic E-state index is 11.5. The lowest BCUT2D eigenvalue weighted by atomic mass is 9.90. The highest BCUT2D eigenvalue weighted by molar-refractivity contribution is 5.72. The fraction of sp³-hybridized carbons (Fsp3) is 0.500. The van der Waals surface area contributed by atoms with Crippen LogP contribution in [0.25, 0.3) is 0 Å². The molecule has 0 fully saturated rings. The fourth-order valence-corrected chi connectivity index (χ4v) is 1.51. The van der Waals surface area contributed by atoms with Crippen LogP contribution < -0.4 is 10.8 Å². The van der Waals surface area contributed by atoms with E-state index in [1.165, 1.54) is 0 Å². The summed E-state index contributed by atoms with van der Waals surface area (Å²) in [5.41, 5.74) is 3.19. The summed E-state index contributed by atoms with van der Waals surface area (Å²) < 4.78 is 0. The molecule has 0 atom stereocenters. The molecule has 5 heteroatoms. The summed E-state index contributed by atoms with van der Waals surface area (Å²) in [5, 5.41) is 11.6. The van der Waals surface area contributed by atoms with Gasteiger partial charge in [0.05, 0.1) is 6.61 Å². The van der Waals surface area contributed by atoms with Gasteiger partial charge in [0, 0.05) is 13.2 Å². The molecular weight excluding hydrogens is 244 g/mol. The Bertz CT molecular complexity index is 380. The molecule has 0 bridgehead atoms. The van der Waals surface area contributed by atoms with E-state index in [1.54, 1.807) is 0 Å². The second-order valence-corrected chi connectivity index (χ2v) is 5.20. The van der Waals surface area contributed by atoms with E-state index in [-0.39, 0.29) is 18.1 Å². The number of hydrogen-bond donors (Lipinski definition) is 3. The van der Waals surface area contributed by atoms with Gasteiger partial charge in [-0.25, -0.2) is 10.3 Å². The van der Waals surface area contributed by atoms with Crippen LogP contribution in [0.4, 0.5) is 4.79 Å². The average molecular weight is 266 g/mol. The molecule has 0 aliphatic heterocycles. The number of rotatable bonds is 7. The van der Waals surface area contributed by atoms with Crippen molar-refractivity contribution in [2.75, 3.05) is 13.2 Å². The number of benzene rings is 1. The number of urea groups is 1. The molecular formula is C14H22N2O3. The molecule has 0 aromatic heterocycles. The zero-order valence-corrected chi connectivity index (χ0v) is 11.5. The van der Waals surface area contributed by atoms with Crippen molar-refractivity contribution in [3.05, 3.63) is 35.9 Å². The lowest BCUT2D eigenvalue weighted by molar-refractivity contribution is 0.0480. The van der Waals surface area contributed by atoms with Gasteiger partial charge in [-0.15, -0.1) is 0 Å². The molecule has 0 spiro atoms. The minimum atomic E-state index is -0.373. The van der Waals surface area contributed by atoms with Gasteiger partial charge in [0.1, 0.15) is 0 Å². The molecule has 0 radical (unpaired) electrons. The Morgan fingerprint density at radius 2 is 2.00 bits per heavy atom. The third kappa shape index (κ3) is 6.79. The maximum Gasteiger partial charge on any atom is 0.338 e. The van der Waals surface area contributed by atoms with E-state index in [0.717, 1.165) is 5.56 Å². The van der Waals surface area contributed by atoms with Crippen LogP contribution in [0.3, 0.4) is 0 Å². The Morgan fingerprint density at radius 1 is 1.32 bits per heavy atom. The first-order chi connectivity index (χ1) is 9.03. The van der Waals surface area contributed by atoms with Crippen molar-refractivity contribution in [1.29, 1.82) is 0 Å². The highest BCUT2D eigenvalue weighted by Crippen LogP contribution is 2.17. The molecule has 1 rings (SSSR count). The van der Waals surface area contributed by atoms with E-state index in [9.17, 15) is 4.79 Å². The third-order valence-corrected chi connectivity index (χ3v) is 2.76. The van der Waals surface area contributed by atoms with Gasteiger partial charge in [-0.1, -0.05) is 44.2 Å². The van der Waals surface area contributed by atoms with Gasteiger partial charge in [-0.3, -0.25) is 4.84 Å². The van der Waals surface area contributed by atoms with E-state index < -0.39 is 0 Å². The lowest BCUT2D eigenvalue weighted by Crippen LogP contribution is -2.40. The van der Waals surface area contributed by atoms with E-state index >= 15 is 0 Å². The van der Waals surface area contributed by atoms with Gasteiger partial charge in [0.2, 0.25) is 0 Å². The van der Waals surface area contributed by atoms with E-state index in [1.807, 2.05) is 44.2 Å². The molecule has 0 aliphatic carbocycles. The van der Waals surface area contributed by atoms with Crippen molar-refractivity contribution in [2.45, 2.75) is 26.9 Å². The van der Waals surface area contributed by atoms with Crippen molar-refractivity contribution in [2.24, 2.45) is 5.41 Å². The fourth-order valence-electron chi connectivity index (χ4n) is 1.51. The largest absolute Gasteiger partial charge is 0.396 e. The van der Waals surface area contributed by atoms with Crippen molar-refractivity contribution in [3.8, 4) is 0 Å². The topological polar surface area (TPSA) is 70.6 Å². The predicted octanol–water partition coefficient (Wildman–Crippen LogP) is 1.83. The standard InChI is InChI=1S/C14H22N2O3/c1-14(2,8-9-17)11-15-13(18)16-19-10-12-6-4-3-5-7-12/h3-7,17H,8-11H2,1-2H3,(H2,15,16,18). The third-order valence-electron chi connectivity index (χ3n) is 2.76. The van der Waals surface area contributed by atoms with Crippen molar-refractivity contribution < 1.29 is 14.7 Å². The molecule has 0 aliphatic rings. The van der Waals surface area contributed by atoms with Crippen LogP contribution in [0.1, 0.15) is 25.8 Å². The molecule has 0 saturated carbocycles. The number of aliphatic hydroxyl groups excluding tert-OH is 1. The molecule has 0 saturated heterocycles. The smallest absolute Gasteiger partial charge is 0.338 e. The molecule has 0 heterocycles. The quantitative estimate of drug-likeness (QED) is 0.659. The number of nitrogens with one attached hydrogen (secondary N) is 2. The molecule has 0 unspecified atom stereocenters. The van der Waals surface area contributed by atoms with Crippen molar-refractivity contribution >= 4 is 6.03 Å². The minimum Gasteiger partial charge on any atom is -0.396 e. The Labute approximate surface area is 113 Å². The van der Waals surface area contributed by atoms with Gasteiger partial charge in [-0.05, 0) is 17.4 Å². The Kier molecular flexibility index (Phi) is 6.32. The van der Waals surface area contributed by atoms with Crippen LogP contribution >= 0.6 is 0 Å². The number of aliphatic hydroxyl groups is 1. The number of hydroxylamine groups is 1. The number of carbonyl (C=O) groups excluding carboxylic acids is 1. The van der Waals surface area contributed by atoms with Gasteiger partial charge >= 0.3 is 6.03 Å². The average Bonchev–Trinajstić information content (AvgIpc) is 2.38. The summed E-state index contributed by atoms with van der Waals surface area (Å²) in [6.07, 6.45) is 0.637. The number of amides is 2. The molecule has 106 valence electrons. The van der Waals surface area contributed by atoms with E-state index in [4.69, 9.17) is 9.94 Å². The maximum atomic E-state index is 11.5. The van der Waals surface area contributed by atoms with Gasteiger partial charge in [0.25, 0.3) is 0 Å². The highest BCUT2D eigenvalue weighted by atomic mass is 16.7. The second-order valence-electron chi connectivity index (χ2n) is 5.20. The summed E-state index contributed by atoms with van der Waals surface area (Å²) in [6, 6.07) is 9.22.